The maximum Gasteiger partial charge on any atom is -0.0177 e. The van der Waals surface area contributed by atoms with E-state index in [0.717, 1.165) is 0 Å². The fourth-order valence-electron chi connectivity index (χ4n) is 3.02. The summed E-state index contributed by atoms with van der Waals surface area (Å²) in [6.45, 7) is 19.9. The highest BCUT2D eigenvalue weighted by Crippen LogP contribution is 2.73. The van der Waals surface area contributed by atoms with Crippen molar-refractivity contribution in [1.29, 1.82) is 0 Å². The highest BCUT2D eigenvalue weighted by Gasteiger charge is 2.46. The molecule has 86 valence electrons. The fourth-order valence-corrected chi connectivity index (χ4v) is 9.06. The van der Waals surface area contributed by atoms with Crippen LogP contribution < -0.4 is 0 Å². The quantitative estimate of drug-likeness (QED) is 0.509. The lowest BCUT2D eigenvalue weighted by molar-refractivity contribution is 0.639. The van der Waals surface area contributed by atoms with Crippen molar-refractivity contribution in [3.8, 4) is 0 Å². The Kier molecular flexibility index (Phi) is 3.48. The second kappa shape index (κ2) is 3.41. The van der Waals surface area contributed by atoms with Crippen LogP contribution in [0.1, 0.15) is 62.3 Å². The molecule has 0 aliphatic rings. The highest BCUT2D eigenvalue weighted by atomic mass is 31.2. The third-order valence-corrected chi connectivity index (χ3v) is 10.3. The van der Waals surface area contributed by atoms with Crippen molar-refractivity contribution in [2.75, 3.05) is 0 Å². The second-order valence-corrected chi connectivity index (χ2v) is 13.0. The summed E-state index contributed by atoms with van der Waals surface area (Å²) in [7, 11) is 0. The molecule has 1 heteroatoms. The number of rotatable bonds is 0. The predicted octanol–water partition coefficient (Wildman–Crippen LogP) is 4.83. The van der Waals surface area contributed by atoms with Crippen molar-refractivity contribution in [3.05, 3.63) is 0 Å². The zero-order chi connectivity index (χ0) is 12.0. The summed E-state index contributed by atoms with van der Waals surface area (Å²) in [5, 5.41) is 0.969. The van der Waals surface area contributed by atoms with E-state index in [9.17, 15) is 0 Å². The van der Waals surface area contributed by atoms with E-state index in [1.807, 2.05) is 0 Å². The molecular formula is C13H29P. The minimum absolute atomic E-state index is 0.323. The molecule has 0 N–H and O–H groups in total. The van der Waals surface area contributed by atoms with E-state index >= 15 is 0 Å². The summed E-state index contributed by atoms with van der Waals surface area (Å²) in [5.41, 5.74) is 0. The SMILES string of the molecule is C=P(C(C)(C)C)(C(C)(C)C)C(C)(C)C. The molecule has 0 spiro atoms. The number of hydrogen-bond acceptors (Lipinski definition) is 0. The number of hydrogen-bond donors (Lipinski definition) is 0. The van der Waals surface area contributed by atoms with Gasteiger partial charge in [-0.2, -0.15) is 0 Å². The van der Waals surface area contributed by atoms with Crippen molar-refractivity contribution >= 4 is 13.2 Å². The van der Waals surface area contributed by atoms with Gasteiger partial charge in [0.25, 0.3) is 0 Å². The topological polar surface area (TPSA) is 0 Å². The molecule has 0 saturated carbocycles. The molecule has 0 aromatic rings. The molecule has 0 radical (unpaired) electrons. The molecule has 0 aliphatic heterocycles. The molecule has 0 amide bonds. The Balaban J connectivity index is 5.69. The second-order valence-electron chi connectivity index (χ2n) is 7.32. The highest BCUT2D eigenvalue weighted by molar-refractivity contribution is 7.77. The van der Waals surface area contributed by atoms with E-state index in [2.05, 4.69) is 62.3 Å². The molecule has 0 unspecified atom stereocenters. The Morgan fingerprint density at radius 1 is 0.571 bits per heavy atom. The predicted molar refractivity (Wildman–Crippen MR) is 73.3 cm³/mol. The van der Waals surface area contributed by atoms with Crippen molar-refractivity contribution in [3.63, 3.8) is 0 Å². The van der Waals surface area contributed by atoms with Crippen molar-refractivity contribution in [2.24, 2.45) is 0 Å². The van der Waals surface area contributed by atoms with Crippen LogP contribution in [0.2, 0.25) is 0 Å². The van der Waals surface area contributed by atoms with Crippen LogP contribution in [0.15, 0.2) is 0 Å². The first-order valence-corrected chi connectivity index (χ1v) is 7.46. The monoisotopic (exact) mass is 216 g/mol. The average molecular weight is 216 g/mol. The lowest BCUT2D eigenvalue weighted by Crippen LogP contribution is -2.39. The standard InChI is InChI=1S/C13H29P/c1-11(2,3)14(10,12(4,5)6)13(7,8)9/h10H2,1-9H3. The molecule has 0 aromatic heterocycles. The van der Waals surface area contributed by atoms with Gasteiger partial charge in [-0.1, -0.05) is 75.5 Å². The third kappa shape index (κ3) is 2.11. The lowest BCUT2D eigenvalue weighted by atomic mass is 10.2. The molecule has 0 saturated heterocycles. The molecule has 0 aromatic carbocycles. The van der Waals surface area contributed by atoms with E-state index < -0.39 is 6.89 Å². The van der Waals surface area contributed by atoms with Crippen LogP contribution in [0.3, 0.4) is 0 Å². The third-order valence-electron chi connectivity index (χ3n) is 3.44. The van der Waals surface area contributed by atoms with Gasteiger partial charge in [0.1, 0.15) is 0 Å². The average Bonchev–Trinajstić information content (AvgIpc) is 1.77. The Hall–Kier alpha value is 0.300. The normalized spacial score (nSPS) is 15.8. The summed E-state index contributed by atoms with van der Waals surface area (Å²) >= 11 is 0. The Labute approximate surface area is 91.5 Å². The van der Waals surface area contributed by atoms with E-state index in [1.54, 1.807) is 0 Å². The van der Waals surface area contributed by atoms with Crippen molar-refractivity contribution in [1.82, 2.24) is 0 Å². The van der Waals surface area contributed by atoms with Crippen LogP contribution in [0.4, 0.5) is 0 Å². The van der Waals surface area contributed by atoms with Crippen molar-refractivity contribution < 1.29 is 0 Å². The van der Waals surface area contributed by atoms with Crippen molar-refractivity contribution in [2.45, 2.75) is 77.8 Å². The summed E-state index contributed by atoms with van der Waals surface area (Å²) in [5.74, 6) is 0. The first-order chi connectivity index (χ1) is 5.75. The van der Waals surface area contributed by atoms with E-state index in [0.29, 0.717) is 15.5 Å². The molecule has 0 bridgehead atoms. The molecule has 0 rings (SSSR count). The van der Waals surface area contributed by atoms with Gasteiger partial charge >= 0.3 is 0 Å². The first kappa shape index (κ1) is 14.3. The largest absolute Gasteiger partial charge is 0.0992 e. The summed E-state index contributed by atoms with van der Waals surface area (Å²) < 4.78 is 0. The van der Waals surface area contributed by atoms with Gasteiger partial charge < -0.3 is 0 Å². The van der Waals surface area contributed by atoms with Crippen LogP contribution in [-0.4, -0.2) is 21.8 Å². The lowest BCUT2D eigenvalue weighted by Gasteiger charge is -2.55. The van der Waals surface area contributed by atoms with Gasteiger partial charge in [-0.25, -0.2) is 0 Å². The minimum atomic E-state index is -1.27. The van der Waals surface area contributed by atoms with Gasteiger partial charge in [0.2, 0.25) is 0 Å². The molecule has 0 aliphatic carbocycles. The first-order valence-electron chi connectivity index (χ1n) is 5.49. The smallest absolute Gasteiger partial charge is 0.0177 e. The molecule has 14 heavy (non-hydrogen) atoms. The summed E-state index contributed by atoms with van der Waals surface area (Å²) in [4.78, 5) is 0. The van der Waals surface area contributed by atoms with Gasteiger partial charge in [-0.05, 0) is 15.5 Å². The molecular weight excluding hydrogens is 187 g/mol. The minimum Gasteiger partial charge on any atom is -0.0992 e. The molecule has 0 nitrogen and oxygen atoms in total. The zero-order valence-electron chi connectivity index (χ0n) is 11.7. The molecule has 0 atom stereocenters. The Morgan fingerprint density at radius 3 is 0.714 bits per heavy atom. The van der Waals surface area contributed by atoms with Crippen LogP contribution in [0.5, 0.6) is 0 Å². The summed E-state index contributed by atoms with van der Waals surface area (Å²) in [6, 6.07) is 0. The maximum atomic E-state index is 4.69. The van der Waals surface area contributed by atoms with E-state index in [-0.39, 0.29) is 0 Å². The van der Waals surface area contributed by atoms with Crippen LogP contribution in [-0.2, 0) is 0 Å². The molecule has 0 heterocycles. The van der Waals surface area contributed by atoms with Gasteiger partial charge in [0.05, 0.1) is 0 Å². The Bertz CT molecular complexity index is 197. The van der Waals surface area contributed by atoms with E-state index in [4.69, 9.17) is 6.30 Å². The van der Waals surface area contributed by atoms with Crippen LogP contribution in [0, 0.1) is 0 Å². The van der Waals surface area contributed by atoms with E-state index in [1.165, 1.54) is 0 Å². The van der Waals surface area contributed by atoms with Crippen LogP contribution >= 0.6 is 6.89 Å². The van der Waals surface area contributed by atoms with Gasteiger partial charge in [-0.15, -0.1) is 0 Å². The Morgan fingerprint density at radius 2 is 0.714 bits per heavy atom. The van der Waals surface area contributed by atoms with Gasteiger partial charge in [0.15, 0.2) is 0 Å². The fraction of sp³-hybridized carbons (Fsp3) is 0.923. The van der Waals surface area contributed by atoms with Gasteiger partial charge in [-0.3, -0.25) is 0 Å². The molecule has 0 fully saturated rings. The summed E-state index contributed by atoms with van der Waals surface area (Å²) in [6.07, 6.45) is 4.69. The van der Waals surface area contributed by atoms with Gasteiger partial charge in [0, 0.05) is 0 Å². The zero-order valence-corrected chi connectivity index (χ0v) is 12.5. The van der Waals surface area contributed by atoms with Crippen LogP contribution in [0.25, 0.3) is 0 Å². The maximum absolute atomic E-state index is 4.69.